The van der Waals surface area contributed by atoms with Crippen LogP contribution in [0.25, 0.3) is 11.3 Å². The highest BCUT2D eigenvalue weighted by Gasteiger charge is 2.13. The van der Waals surface area contributed by atoms with Crippen LogP contribution in [0.1, 0.15) is 5.56 Å². The number of halogens is 2. The van der Waals surface area contributed by atoms with Crippen molar-refractivity contribution in [2.45, 2.75) is 6.42 Å². The summed E-state index contributed by atoms with van der Waals surface area (Å²) >= 11 is 12.0. The second kappa shape index (κ2) is 4.79. The lowest BCUT2D eigenvalue weighted by atomic mass is 10.1. The van der Waals surface area contributed by atoms with Gasteiger partial charge in [0.15, 0.2) is 0 Å². The van der Waals surface area contributed by atoms with Crippen LogP contribution in [0.5, 0.6) is 0 Å². The van der Waals surface area contributed by atoms with Crippen molar-refractivity contribution in [2.24, 2.45) is 7.05 Å². The minimum atomic E-state index is 0.308. The van der Waals surface area contributed by atoms with Gasteiger partial charge in [-0.05, 0) is 18.2 Å². The van der Waals surface area contributed by atoms with Gasteiger partial charge in [-0.25, -0.2) is 0 Å². The number of nitrogens with zero attached hydrogens (tertiary/aromatic N) is 3. The van der Waals surface area contributed by atoms with Crippen LogP contribution in [0.3, 0.4) is 0 Å². The summed E-state index contributed by atoms with van der Waals surface area (Å²) in [4.78, 5) is 0. The molecule has 17 heavy (non-hydrogen) atoms. The van der Waals surface area contributed by atoms with Crippen molar-refractivity contribution in [1.82, 2.24) is 9.78 Å². The van der Waals surface area contributed by atoms with E-state index < -0.39 is 0 Å². The van der Waals surface area contributed by atoms with Gasteiger partial charge in [0.25, 0.3) is 0 Å². The van der Waals surface area contributed by atoms with Gasteiger partial charge in [-0.2, -0.15) is 10.4 Å². The van der Waals surface area contributed by atoms with Crippen molar-refractivity contribution < 1.29 is 0 Å². The Bertz CT molecular complexity index is 596. The fraction of sp³-hybridized carbons (Fsp3) is 0.167. The van der Waals surface area contributed by atoms with Crippen LogP contribution < -0.4 is 0 Å². The first kappa shape index (κ1) is 12.0. The largest absolute Gasteiger partial charge is 0.275 e. The zero-order valence-electron chi connectivity index (χ0n) is 9.11. The Kier molecular flexibility index (Phi) is 3.37. The van der Waals surface area contributed by atoms with E-state index in [-0.39, 0.29) is 0 Å². The van der Waals surface area contributed by atoms with Crippen molar-refractivity contribution in [2.75, 3.05) is 0 Å². The molecule has 0 N–H and O–H groups in total. The maximum atomic E-state index is 8.77. The van der Waals surface area contributed by atoms with Crippen LogP contribution in [-0.2, 0) is 13.5 Å². The second-order valence-electron chi connectivity index (χ2n) is 3.64. The zero-order chi connectivity index (χ0) is 12.4. The van der Waals surface area contributed by atoms with Crippen molar-refractivity contribution in [3.63, 3.8) is 0 Å². The predicted octanol–water partition coefficient (Wildman–Crippen LogP) is 3.46. The molecule has 86 valence electrons. The summed E-state index contributed by atoms with van der Waals surface area (Å²) in [6.07, 6.45) is 2.13. The lowest BCUT2D eigenvalue weighted by Gasteiger charge is -2.03. The van der Waals surface area contributed by atoms with Crippen LogP contribution in [0.15, 0.2) is 24.4 Å². The minimum Gasteiger partial charge on any atom is -0.275 e. The SMILES string of the molecule is Cn1cc(CC#N)c(-c2ccc(Cl)cc2Cl)n1. The van der Waals surface area contributed by atoms with Gasteiger partial charge >= 0.3 is 0 Å². The van der Waals surface area contributed by atoms with Gasteiger partial charge < -0.3 is 0 Å². The molecule has 0 saturated heterocycles. The number of nitriles is 1. The standard InChI is InChI=1S/C12H9Cl2N3/c1-17-7-8(4-5-15)12(16-17)10-3-2-9(13)6-11(10)14/h2-3,6-7H,4H2,1H3. The van der Waals surface area contributed by atoms with Gasteiger partial charge in [-0.15, -0.1) is 0 Å². The molecule has 0 radical (unpaired) electrons. The van der Waals surface area contributed by atoms with E-state index in [1.807, 2.05) is 19.3 Å². The average molecular weight is 266 g/mol. The van der Waals surface area contributed by atoms with Crippen LogP contribution in [-0.4, -0.2) is 9.78 Å². The van der Waals surface area contributed by atoms with Gasteiger partial charge in [-0.1, -0.05) is 23.2 Å². The molecule has 5 heteroatoms. The molecule has 0 saturated carbocycles. The lowest BCUT2D eigenvalue weighted by Crippen LogP contribution is -1.89. The molecule has 0 aliphatic carbocycles. The molecule has 0 amide bonds. The topological polar surface area (TPSA) is 41.6 Å². The van der Waals surface area contributed by atoms with E-state index in [4.69, 9.17) is 28.5 Å². The van der Waals surface area contributed by atoms with Gasteiger partial charge in [0, 0.05) is 29.4 Å². The summed E-state index contributed by atoms with van der Waals surface area (Å²) in [5, 5.41) is 14.2. The number of rotatable bonds is 2. The number of aryl methyl sites for hydroxylation is 1. The van der Waals surface area contributed by atoms with Gasteiger partial charge in [0.1, 0.15) is 0 Å². The van der Waals surface area contributed by atoms with E-state index >= 15 is 0 Å². The summed E-state index contributed by atoms with van der Waals surface area (Å²) in [7, 11) is 1.81. The Hall–Kier alpha value is -1.50. The molecule has 2 aromatic rings. The first-order valence-corrected chi connectivity index (χ1v) is 5.72. The quantitative estimate of drug-likeness (QED) is 0.835. The Balaban J connectivity index is 2.56. The molecule has 1 aromatic heterocycles. The van der Waals surface area contributed by atoms with Crippen LogP contribution in [0.2, 0.25) is 10.0 Å². The smallest absolute Gasteiger partial charge is 0.0980 e. The molecular formula is C12H9Cl2N3. The molecule has 0 spiro atoms. The molecule has 0 aliphatic heterocycles. The fourth-order valence-electron chi connectivity index (χ4n) is 1.66. The third kappa shape index (κ3) is 2.44. The van der Waals surface area contributed by atoms with Crippen LogP contribution in [0, 0.1) is 11.3 Å². The zero-order valence-corrected chi connectivity index (χ0v) is 10.6. The molecule has 1 aromatic carbocycles. The number of benzene rings is 1. The Labute approximate surface area is 109 Å². The van der Waals surface area contributed by atoms with E-state index in [9.17, 15) is 0 Å². The molecule has 2 rings (SSSR count). The molecule has 0 unspecified atom stereocenters. The third-order valence-corrected chi connectivity index (χ3v) is 2.91. The van der Waals surface area contributed by atoms with Gasteiger partial charge in [0.05, 0.1) is 23.2 Å². The highest BCUT2D eigenvalue weighted by molar-refractivity contribution is 6.36. The second-order valence-corrected chi connectivity index (χ2v) is 4.48. The van der Waals surface area contributed by atoms with Crippen LogP contribution in [0.4, 0.5) is 0 Å². The minimum absolute atomic E-state index is 0.308. The summed E-state index contributed by atoms with van der Waals surface area (Å²) in [5.74, 6) is 0. The number of hydrogen-bond acceptors (Lipinski definition) is 2. The molecular weight excluding hydrogens is 257 g/mol. The molecule has 0 bridgehead atoms. The molecule has 0 aliphatic rings. The van der Waals surface area contributed by atoms with Crippen molar-refractivity contribution in [3.8, 4) is 17.3 Å². The van der Waals surface area contributed by atoms with E-state index in [1.54, 1.807) is 16.8 Å². The van der Waals surface area contributed by atoms with Crippen molar-refractivity contribution in [3.05, 3.63) is 40.0 Å². The van der Waals surface area contributed by atoms with Crippen molar-refractivity contribution >= 4 is 23.2 Å². The third-order valence-electron chi connectivity index (χ3n) is 2.36. The molecule has 0 atom stereocenters. The highest BCUT2D eigenvalue weighted by Crippen LogP contribution is 2.31. The normalized spacial score (nSPS) is 10.2. The van der Waals surface area contributed by atoms with E-state index in [0.29, 0.717) is 16.5 Å². The maximum Gasteiger partial charge on any atom is 0.0980 e. The van der Waals surface area contributed by atoms with E-state index in [0.717, 1.165) is 16.8 Å². The van der Waals surface area contributed by atoms with E-state index in [1.165, 1.54) is 0 Å². The number of aromatic nitrogens is 2. The molecule has 3 nitrogen and oxygen atoms in total. The maximum absolute atomic E-state index is 8.77. The monoisotopic (exact) mass is 265 g/mol. The Morgan fingerprint density at radius 3 is 2.82 bits per heavy atom. The summed E-state index contributed by atoms with van der Waals surface area (Å²) in [6, 6.07) is 7.36. The predicted molar refractivity (Wildman–Crippen MR) is 68.0 cm³/mol. The van der Waals surface area contributed by atoms with E-state index in [2.05, 4.69) is 11.2 Å². The van der Waals surface area contributed by atoms with Gasteiger partial charge in [0.2, 0.25) is 0 Å². The van der Waals surface area contributed by atoms with Crippen molar-refractivity contribution in [1.29, 1.82) is 5.26 Å². The average Bonchev–Trinajstić information content (AvgIpc) is 2.60. The van der Waals surface area contributed by atoms with Gasteiger partial charge in [-0.3, -0.25) is 4.68 Å². The highest BCUT2D eigenvalue weighted by atomic mass is 35.5. The van der Waals surface area contributed by atoms with Crippen LogP contribution >= 0.6 is 23.2 Å². The fourth-order valence-corrected chi connectivity index (χ4v) is 2.16. The Morgan fingerprint density at radius 2 is 2.18 bits per heavy atom. The molecule has 0 fully saturated rings. The molecule has 1 heterocycles. The summed E-state index contributed by atoms with van der Waals surface area (Å²) < 4.78 is 1.67. The first-order chi connectivity index (χ1) is 8.11. The Morgan fingerprint density at radius 1 is 1.41 bits per heavy atom. The summed E-state index contributed by atoms with van der Waals surface area (Å²) in [6.45, 7) is 0. The summed E-state index contributed by atoms with van der Waals surface area (Å²) in [5.41, 5.74) is 2.39. The lowest BCUT2D eigenvalue weighted by molar-refractivity contribution is 0.770. The number of hydrogen-bond donors (Lipinski definition) is 0. The first-order valence-electron chi connectivity index (χ1n) is 4.96.